The molecule has 4 nitrogen and oxygen atoms in total. The Balaban J connectivity index is 0. The van der Waals surface area contributed by atoms with Gasteiger partial charge in [0.2, 0.25) is 5.60 Å². The Morgan fingerprint density at radius 3 is 1.08 bits per heavy atom. The van der Waals surface area contributed by atoms with Gasteiger partial charge in [-0.15, -0.1) is 0 Å². The predicted octanol–water partition coefficient (Wildman–Crippen LogP) is -0.518. The Hall–Kier alpha value is -0.368. The minimum atomic E-state index is -2.42. The largest absolute Gasteiger partial charge is 0.369 e. The van der Waals surface area contributed by atoms with Crippen LogP contribution in [0.25, 0.3) is 0 Å². The molecule has 0 aromatic rings. The zero-order chi connectivity index (χ0) is 9.23. The van der Waals surface area contributed by atoms with E-state index < -0.39 is 23.0 Å². The Bertz CT molecular complexity index is 185. The maximum absolute atomic E-state index is 10.7. The van der Waals surface area contributed by atoms with E-state index in [0.717, 1.165) is 20.8 Å². The number of hydrogen-bond donors (Lipinski definition) is 1. The molecule has 0 aromatic carbocycles. The molecule has 0 atom stereocenters. The van der Waals surface area contributed by atoms with Gasteiger partial charge in [-0.05, 0) is 20.8 Å². The number of carbonyl (C=O) groups is 3. The molecule has 1 radical (unpaired) electrons. The summed E-state index contributed by atoms with van der Waals surface area (Å²) < 4.78 is 0. The molecule has 0 rings (SSSR count). The molecule has 0 spiro atoms. The van der Waals surface area contributed by atoms with Gasteiger partial charge in [0.25, 0.3) is 0 Å². The Morgan fingerprint density at radius 2 is 1.08 bits per heavy atom. The van der Waals surface area contributed by atoms with Gasteiger partial charge >= 0.3 is 0 Å². The molecule has 5 heteroatoms. The maximum atomic E-state index is 10.7. The van der Waals surface area contributed by atoms with E-state index in [2.05, 4.69) is 0 Å². The minimum Gasteiger partial charge on any atom is -0.369 e. The molecule has 12 heavy (non-hydrogen) atoms. The van der Waals surface area contributed by atoms with Crippen LogP contribution in [0.4, 0.5) is 0 Å². The summed E-state index contributed by atoms with van der Waals surface area (Å²) in [5, 5.41) is 9.19. The van der Waals surface area contributed by atoms with Crippen LogP contribution in [0, 0.1) is 0 Å². The van der Waals surface area contributed by atoms with Crippen LogP contribution in [0.15, 0.2) is 0 Å². The zero-order valence-electron chi connectivity index (χ0n) is 7.05. The van der Waals surface area contributed by atoms with Gasteiger partial charge < -0.3 is 5.11 Å². The van der Waals surface area contributed by atoms with Gasteiger partial charge in [-0.1, -0.05) is 0 Å². The second-order valence-electron chi connectivity index (χ2n) is 2.38. The molecule has 0 aliphatic rings. The van der Waals surface area contributed by atoms with Crippen molar-refractivity contribution in [2.75, 3.05) is 0 Å². The second-order valence-corrected chi connectivity index (χ2v) is 2.38. The van der Waals surface area contributed by atoms with E-state index in [9.17, 15) is 19.5 Å². The fourth-order valence-corrected chi connectivity index (χ4v) is 0.744. The van der Waals surface area contributed by atoms with Crippen molar-refractivity contribution in [3.8, 4) is 0 Å². The Morgan fingerprint density at radius 1 is 0.917 bits per heavy atom. The van der Waals surface area contributed by atoms with Crippen LogP contribution in [-0.2, 0) is 34.8 Å². The molecule has 0 aliphatic carbocycles. The third kappa shape index (κ3) is 2.31. The van der Waals surface area contributed by atoms with Crippen molar-refractivity contribution in [2.24, 2.45) is 0 Å². The normalized spacial score (nSPS) is 10.0. The fraction of sp³-hybridized carbons (Fsp3) is 0.571. The van der Waals surface area contributed by atoms with Crippen molar-refractivity contribution < 1.29 is 39.9 Å². The molecule has 0 unspecified atom stereocenters. The average Bonchev–Trinajstić information content (AvgIpc) is 1.84. The third-order valence-corrected chi connectivity index (χ3v) is 1.53. The standard InChI is InChI=1S/C7H10O4.Re/c1-4(8)7(11,5(2)9)6(3)10;/h11H,1-3H3;. The first-order chi connectivity index (χ1) is 4.83. The number of Topliss-reactive ketones (excluding diaryl/α,β-unsaturated/α-hetero) is 3. The van der Waals surface area contributed by atoms with Gasteiger partial charge in [0, 0.05) is 20.4 Å². The van der Waals surface area contributed by atoms with Crippen LogP contribution >= 0.6 is 0 Å². The summed E-state index contributed by atoms with van der Waals surface area (Å²) in [7, 11) is 0. The monoisotopic (exact) mass is 345 g/mol. The van der Waals surface area contributed by atoms with Crippen molar-refractivity contribution in [3.63, 3.8) is 0 Å². The van der Waals surface area contributed by atoms with E-state index in [1.54, 1.807) is 0 Å². The number of aliphatic hydroxyl groups is 1. The van der Waals surface area contributed by atoms with E-state index in [1.807, 2.05) is 0 Å². The van der Waals surface area contributed by atoms with Crippen molar-refractivity contribution in [2.45, 2.75) is 26.4 Å². The second kappa shape index (κ2) is 4.61. The summed E-state index contributed by atoms with van der Waals surface area (Å²) in [5.41, 5.74) is -2.42. The molecule has 69 valence electrons. The van der Waals surface area contributed by atoms with Gasteiger partial charge in [0.05, 0.1) is 0 Å². The van der Waals surface area contributed by atoms with Crippen LogP contribution in [0.3, 0.4) is 0 Å². The smallest absolute Gasteiger partial charge is 0.239 e. The van der Waals surface area contributed by atoms with Gasteiger partial charge in [0.1, 0.15) is 0 Å². The summed E-state index contributed by atoms with van der Waals surface area (Å²) in [6.45, 7) is 3.01. The number of rotatable bonds is 3. The van der Waals surface area contributed by atoms with Crippen LogP contribution in [0.1, 0.15) is 20.8 Å². The van der Waals surface area contributed by atoms with Crippen molar-refractivity contribution >= 4 is 17.3 Å². The summed E-state index contributed by atoms with van der Waals surface area (Å²) in [6.07, 6.45) is 0. The molecular formula is C7H10O4Re. The number of hydrogen-bond acceptors (Lipinski definition) is 4. The molecule has 0 amide bonds. The average molecular weight is 344 g/mol. The molecule has 0 bridgehead atoms. The quantitative estimate of drug-likeness (QED) is 0.700. The summed E-state index contributed by atoms with van der Waals surface area (Å²) in [5.74, 6) is -2.51. The van der Waals surface area contributed by atoms with Gasteiger partial charge in [-0.3, -0.25) is 14.4 Å². The van der Waals surface area contributed by atoms with E-state index in [-0.39, 0.29) is 20.4 Å². The first-order valence-corrected chi connectivity index (χ1v) is 3.09. The third-order valence-electron chi connectivity index (χ3n) is 1.53. The van der Waals surface area contributed by atoms with Crippen molar-refractivity contribution in [1.29, 1.82) is 0 Å². The molecule has 0 aliphatic heterocycles. The maximum Gasteiger partial charge on any atom is 0.239 e. The molecule has 0 saturated heterocycles. The van der Waals surface area contributed by atoms with Gasteiger partial charge in [0.15, 0.2) is 17.3 Å². The van der Waals surface area contributed by atoms with Crippen LogP contribution in [0.2, 0.25) is 0 Å². The van der Waals surface area contributed by atoms with Crippen molar-refractivity contribution in [1.82, 2.24) is 0 Å². The van der Waals surface area contributed by atoms with E-state index in [1.165, 1.54) is 0 Å². The molecular weight excluding hydrogens is 334 g/mol. The summed E-state index contributed by atoms with van der Waals surface area (Å²) in [4.78, 5) is 32.0. The Labute approximate surface area is 84.0 Å². The van der Waals surface area contributed by atoms with E-state index >= 15 is 0 Å². The SMILES string of the molecule is CC(=O)C(O)(C(C)=O)C(C)=O.[Re]. The minimum absolute atomic E-state index is 0. The van der Waals surface area contributed by atoms with Crippen molar-refractivity contribution in [3.05, 3.63) is 0 Å². The van der Waals surface area contributed by atoms with Gasteiger partial charge in [-0.25, -0.2) is 0 Å². The van der Waals surface area contributed by atoms with Crippen LogP contribution in [-0.4, -0.2) is 28.1 Å². The topological polar surface area (TPSA) is 71.4 Å². The van der Waals surface area contributed by atoms with E-state index in [0.29, 0.717) is 0 Å². The zero-order valence-corrected chi connectivity index (χ0v) is 9.77. The molecule has 0 fully saturated rings. The molecule has 0 saturated carbocycles. The number of carbonyl (C=O) groups excluding carboxylic acids is 3. The fourth-order valence-electron chi connectivity index (χ4n) is 0.744. The molecule has 1 N–H and O–H groups in total. The first-order valence-electron chi connectivity index (χ1n) is 3.09. The molecule has 0 aromatic heterocycles. The predicted molar refractivity (Wildman–Crippen MR) is 37.0 cm³/mol. The first kappa shape index (κ1) is 14.2. The van der Waals surface area contributed by atoms with E-state index in [4.69, 9.17) is 0 Å². The summed E-state index contributed by atoms with van der Waals surface area (Å²) >= 11 is 0. The summed E-state index contributed by atoms with van der Waals surface area (Å²) in [6, 6.07) is 0. The molecule has 0 heterocycles. The van der Waals surface area contributed by atoms with Crippen LogP contribution in [0.5, 0.6) is 0 Å². The Kier molecular flexibility index (Phi) is 5.44. The van der Waals surface area contributed by atoms with Crippen LogP contribution < -0.4 is 0 Å². The van der Waals surface area contributed by atoms with Gasteiger partial charge in [-0.2, -0.15) is 0 Å². The number of ketones is 3.